The molecule has 0 aromatic heterocycles. The van der Waals surface area contributed by atoms with E-state index in [1.165, 1.54) is 0 Å². The Hall–Kier alpha value is -1.89. The summed E-state index contributed by atoms with van der Waals surface area (Å²) in [6, 6.07) is 2.95. The molecular formula is C18H20NO5+. The summed E-state index contributed by atoms with van der Waals surface area (Å²) in [6.07, 6.45) is 1.80. The lowest BCUT2D eigenvalue weighted by molar-refractivity contribution is -1.11. The molecule has 126 valence electrons. The Kier molecular flexibility index (Phi) is 2.42. The number of ether oxygens (including phenoxy) is 1. The summed E-state index contributed by atoms with van der Waals surface area (Å²) in [4.78, 5) is 12.6. The number of rotatable bonds is 2. The Labute approximate surface area is 139 Å². The molecule has 1 saturated carbocycles. The first-order valence-electron chi connectivity index (χ1n) is 8.35. The molecule has 6 heteroatoms. The van der Waals surface area contributed by atoms with Gasteiger partial charge in [-0.25, -0.2) is 5.21 Å². The monoisotopic (exact) mass is 330 g/mol. The summed E-state index contributed by atoms with van der Waals surface area (Å²) in [5, 5.41) is 33.2. The molecule has 1 aromatic rings. The van der Waals surface area contributed by atoms with Gasteiger partial charge in [0.15, 0.2) is 29.4 Å². The maximum absolute atomic E-state index is 12.6. The van der Waals surface area contributed by atoms with Crippen LogP contribution in [0.15, 0.2) is 24.8 Å². The third kappa shape index (κ3) is 1.27. The van der Waals surface area contributed by atoms with E-state index < -0.39 is 23.2 Å². The quantitative estimate of drug-likeness (QED) is 0.552. The van der Waals surface area contributed by atoms with E-state index in [0.717, 1.165) is 11.1 Å². The van der Waals surface area contributed by atoms with Gasteiger partial charge in [-0.2, -0.15) is 4.65 Å². The van der Waals surface area contributed by atoms with Crippen molar-refractivity contribution in [2.45, 2.75) is 42.4 Å². The number of aliphatic hydroxyl groups is 1. The van der Waals surface area contributed by atoms with Crippen molar-refractivity contribution in [1.29, 1.82) is 0 Å². The lowest BCUT2D eigenvalue weighted by atomic mass is 9.54. The van der Waals surface area contributed by atoms with Crippen LogP contribution in [0.2, 0.25) is 0 Å². The third-order valence-corrected chi connectivity index (χ3v) is 6.68. The highest BCUT2D eigenvalue weighted by Gasteiger charge is 2.82. The zero-order valence-electron chi connectivity index (χ0n) is 13.2. The molecule has 2 aliphatic carbocycles. The highest BCUT2D eigenvalue weighted by molar-refractivity contribution is 5.90. The Morgan fingerprint density at radius 2 is 2.25 bits per heavy atom. The van der Waals surface area contributed by atoms with Gasteiger partial charge in [0.25, 0.3) is 0 Å². The number of benzene rings is 1. The largest absolute Gasteiger partial charge is 0.504 e. The van der Waals surface area contributed by atoms with Gasteiger partial charge in [-0.15, -0.1) is 0 Å². The van der Waals surface area contributed by atoms with Crippen LogP contribution in [0.1, 0.15) is 24.0 Å². The average Bonchev–Trinajstić information content (AvgIpc) is 2.93. The van der Waals surface area contributed by atoms with E-state index >= 15 is 0 Å². The number of likely N-dealkylation sites (tertiary alicyclic amines) is 1. The molecule has 6 nitrogen and oxygen atoms in total. The van der Waals surface area contributed by atoms with Crippen molar-refractivity contribution in [3.63, 3.8) is 0 Å². The molecule has 2 heterocycles. The number of hydroxylamine groups is 3. The maximum atomic E-state index is 12.6. The number of aromatic hydroxyl groups is 1. The highest BCUT2D eigenvalue weighted by atomic mass is 16.6. The fourth-order valence-corrected chi connectivity index (χ4v) is 5.86. The molecule has 5 atom stereocenters. The Balaban J connectivity index is 1.85. The lowest BCUT2D eigenvalue weighted by Gasteiger charge is -2.47. The molecule has 0 radical (unpaired) electrons. The van der Waals surface area contributed by atoms with Crippen LogP contribution in [0.4, 0.5) is 0 Å². The summed E-state index contributed by atoms with van der Waals surface area (Å²) in [5.41, 5.74) is -0.563. The predicted octanol–water partition coefficient (Wildman–Crippen LogP) is 0.815. The number of phenolic OH excluding ortho intramolecular Hbond substituents is 1. The van der Waals surface area contributed by atoms with Gasteiger partial charge in [0, 0.05) is 18.4 Å². The molecule has 24 heavy (non-hydrogen) atoms. The second kappa shape index (κ2) is 4.02. The number of ketones is 1. The molecule has 1 spiro atoms. The van der Waals surface area contributed by atoms with Crippen LogP contribution in [0.3, 0.4) is 0 Å². The molecule has 1 aromatic carbocycles. The van der Waals surface area contributed by atoms with Crippen molar-refractivity contribution < 1.29 is 29.6 Å². The topological polar surface area (TPSA) is 87.0 Å². The van der Waals surface area contributed by atoms with E-state index in [0.29, 0.717) is 25.1 Å². The van der Waals surface area contributed by atoms with Gasteiger partial charge < -0.3 is 14.9 Å². The number of phenols is 1. The van der Waals surface area contributed by atoms with E-state index in [-0.39, 0.29) is 29.1 Å². The molecule has 2 aliphatic heterocycles. The first kappa shape index (κ1) is 14.5. The van der Waals surface area contributed by atoms with Gasteiger partial charge in [0.1, 0.15) is 24.1 Å². The maximum Gasteiger partial charge on any atom is 0.175 e. The molecule has 4 aliphatic rings. The summed E-state index contributed by atoms with van der Waals surface area (Å²) >= 11 is 0. The van der Waals surface area contributed by atoms with Crippen LogP contribution >= 0.6 is 0 Å². The lowest BCUT2D eigenvalue weighted by Crippen LogP contribution is -2.67. The summed E-state index contributed by atoms with van der Waals surface area (Å²) < 4.78 is 5.55. The molecule has 2 bridgehead atoms. The number of carbonyl (C=O) groups excluding carboxylic acids is 1. The van der Waals surface area contributed by atoms with Crippen molar-refractivity contribution >= 4 is 5.78 Å². The first-order valence-corrected chi connectivity index (χ1v) is 8.35. The van der Waals surface area contributed by atoms with E-state index in [2.05, 4.69) is 6.58 Å². The van der Waals surface area contributed by atoms with E-state index in [1.54, 1.807) is 12.1 Å². The van der Waals surface area contributed by atoms with Crippen LogP contribution in [0.5, 0.6) is 11.5 Å². The van der Waals surface area contributed by atoms with Gasteiger partial charge in [0.2, 0.25) is 0 Å². The number of hydrogen-bond acceptors (Lipinski definition) is 5. The van der Waals surface area contributed by atoms with Crippen molar-refractivity contribution in [2.24, 2.45) is 0 Å². The van der Waals surface area contributed by atoms with E-state index in [4.69, 9.17) is 4.74 Å². The molecule has 1 saturated heterocycles. The Morgan fingerprint density at radius 3 is 3.00 bits per heavy atom. The van der Waals surface area contributed by atoms with Gasteiger partial charge >= 0.3 is 0 Å². The second-order valence-corrected chi connectivity index (χ2v) is 7.64. The molecule has 1 unspecified atom stereocenters. The minimum absolute atomic E-state index is 0.0159. The standard InChI is InChI=1S/C18H19NO5/c1-2-7-19(23)9-17-14-10-3-4-11(20)15(14)24-16(17)12(21)5-6-18(17,22)13(19)8-10/h2-4,13,16,22-23H,1,5-9H2/p+1/t13-,16+,17+,18-,19?/m1/s1. The fourth-order valence-electron chi connectivity index (χ4n) is 5.86. The number of Topliss-reactive ketones (excluding diaryl/α,β-unsaturated/α-hetero) is 1. The minimum Gasteiger partial charge on any atom is -0.504 e. The summed E-state index contributed by atoms with van der Waals surface area (Å²) in [6.45, 7) is 4.23. The fraction of sp³-hybridized carbons (Fsp3) is 0.500. The Bertz CT molecular complexity index is 807. The zero-order valence-corrected chi connectivity index (χ0v) is 13.2. The van der Waals surface area contributed by atoms with Crippen molar-refractivity contribution in [1.82, 2.24) is 0 Å². The molecular weight excluding hydrogens is 310 g/mol. The molecule has 3 N–H and O–H groups in total. The van der Waals surface area contributed by atoms with Crippen molar-refractivity contribution in [3.05, 3.63) is 35.9 Å². The van der Waals surface area contributed by atoms with Gasteiger partial charge in [0.05, 0.1) is 0 Å². The number of quaternary nitrogens is 1. The molecule has 5 rings (SSSR count). The van der Waals surface area contributed by atoms with Crippen LogP contribution in [-0.4, -0.2) is 56.7 Å². The van der Waals surface area contributed by atoms with E-state index in [9.17, 15) is 20.2 Å². The minimum atomic E-state index is -1.23. The van der Waals surface area contributed by atoms with Crippen LogP contribution in [0, 0.1) is 0 Å². The van der Waals surface area contributed by atoms with Crippen molar-refractivity contribution in [2.75, 3.05) is 13.1 Å². The van der Waals surface area contributed by atoms with Crippen LogP contribution in [-0.2, 0) is 16.6 Å². The van der Waals surface area contributed by atoms with Gasteiger partial charge in [-0.1, -0.05) is 12.6 Å². The molecule has 2 fully saturated rings. The van der Waals surface area contributed by atoms with Crippen LogP contribution < -0.4 is 4.74 Å². The second-order valence-electron chi connectivity index (χ2n) is 7.64. The average molecular weight is 330 g/mol. The van der Waals surface area contributed by atoms with Gasteiger partial charge in [-0.05, 0) is 24.1 Å². The van der Waals surface area contributed by atoms with Crippen molar-refractivity contribution in [3.8, 4) is 11.5 Å². The molecule has 0 amide bonds. The third-order valence-electron chi connectivity index (χ3n) is 6.68. The first-order chi connectivity index (χ1) is 11.4. The smallest absolute Gasteiger partial charge is 0.175 e. The summed E-state index contributed by atoms with van der Waals surface area (Å²) in [5.74, 6) is 0.211. The van der Waals surface area contributed by atoms with Crippen LogP contribution in [0.25, 0.3) is 0 Å². The number of nitrogens with zero attached hydrogens (tertiary/aromatic N) is 1. The normalized spacial score (nSPS) is 44.2. The Morgan fingerprint density at radius 1 is 1.46 bits per heavy atom. The predicted molar refractivity (Wildman–Crippen MR) is 82.9 cm³/mol. The highest BCUT2D eigenvalue weighted by Crippen LogP contribution is 2.66. The zero-order chi connectivity index (χ0) is 16.9. The number of hydrogen-bond donors (Lipinski definition) is 3. The number of carbonyl (C=O) groups is 1. The SMILES string of the molecule is C=CC[N+]1(O)C[C@]23c4c5ccc(O)c4O[C@H]2C(=O)CC[C@@]3(O)[C@H]1C5. The van der Waals surface area contributed by atoms with Gasteiger partial charge in [-0.3, -0.25) is 4.79 Å². The van der Waals surface area contributed by atoms with E-state index in [1.807, 2.05) is 6.07 Å². The summed E-state index contributed by atoms with van der Waals surface area (Å²) in [7, 11) is 0.